The standard InChI is InChI=1S/C19H20N4O2S/c1-19(2,3)26-15-10-23-13(9-20-16(23)7-14(15)25-4)12-5-11-6-17(24)22-18(11)21-8-12/h5,7-10H,6H2,1-4H3,(H,21,22,24). The van der Waals surface area contributed by atoms with Gasteiger partial charge in [-0.05, 0) is 6.07 Å². The normalized spacial score (nSPS) is 13.8. The van der Waals surface area contributed by atoms with Gasteiger partial charge in [0.15, 0.2) is 0 Å². The van der Waals surface area contributed by atoms with Crippen LogP contribution in [0.15, 0.2) is 35.6 Å². The molecule has 0 aromatic carbocycles. The van der Waals surface area contributed by atoms with E-state index in [2.05, 4.69) is 42.3 Å². The Morgan fingerprint density at radius 1 is 1.23 bits per heavy atom. The molecular formula is C19H20N4O2S. The molecule has 1 amide bonds. The lowest BCUT2D eigenvalue weighted by Crippen LogP contribution is -2.07. The van der Waals surface area contributed by atoms with Crippen molar-refractivity contribution >= 4 is 29.1 Å². The highest BCUT2D eigenvalue weighted by Crippen LogP contribution is 2.39. The van der Waals surface area contributed by atoms with Gasteiger partial charge in [0.25, 0.3) is 0 Å². The molecule has 0 bridgehead atoms. The molecule has 3 aromatic heterocycles. The van der Waals surface area contributed by atoms with Gasteiger partial charge in [-0.15, -0.1) is 11.8 Å². The molecule has 1 aliphatic heterocycles. The number of rotatable bonds is 3. The Morgan fingerprint density at radius 2 is 2.04 bits per heavy atom. The van der Waals surface area contributed by atoms with E-state index in [4.69, 9.17) is 4.74 Å². The van der Waals surface area contributed by atoms with Gasteiger partial charge in [-0.2, -0.15) is 0 Å². The molecule has 0 radical (unpaired) electrons. The average molecular weight is 368 g/mol. The molecule has 4 rings (SSSR count). The zero-order valence-corrected chi connectivity index (χ0v) is 16.0. The van der Waals surface area contributed by atoms with Crippen LogP contribution in [0.1, 0.15) is 26.3 Å². The van der Waals surface area contributed by atoms with Gasteiger partial charge in [-0.1, -0.05) is 20.8 Å². The van der Waals surface area contributed by atoms with Gasteiger partial charge in [-0.3, -0.25) is 9.20 Å². The summed E-state index contributed by atoms with van der Waals surface area (Å²) in [5.74, 6) is 1.45. The summed E-state index contributed by atoms with van der Waals surface area (Å²) in [4.78, 5) is 21.5. The third-order valence-electron chi connectivity index (χ3n) is 4.08. The van der Waals surface area contributed by atoms with E-state index in [-0.39, 0.29) is 10.7 Å². The quantitative estimate of drug-likeness (QED) is 0.713. The molecule has 0 fully saturated rings. The maximum Gasteiger partial charge on any atom is 0.230 e. The lowest BCUT2D eigenvalue weighted by atomic mass is 10.1. The molecule has 0 spiro atoms. The molecule has 1 N–H and O–H groups in total. The molecule has 7 heteroatoms. The van der Waals surface area contributed by atoms with Crippen molar-refractivity contribution in [3.8, 4) is 17.0 Å². The Morgan fingerprint density at radius 3 is 2.77 bits per heavy atom. The first-order valence-corrected chi connectivity index (χ1v) is 9.19. The number of carbonyl (C=O) groups is 1. The van der Waals surface area contributed by atoms with Crippen LogP contribution >= 0.6 is 11.8 Å². The molecule has 0 saturated carbocycles. The van der Waals surface area contributed by atoms with E-state index >= 15 is 0 Å². The van der Waals surface area contributed by atoms with Crippen LogP contribution in [0.3, 0.4) is 0 Å². The summed E-state index contributed by atoms with van der Waals surface area (Å²) >= 11 is 1.75. The van der Waals surface area contributed by atoms with Gasteiger partial charge in [0.1, 0.15) is 17.2 Å². The minimum Gasteiger partial charge on any atom is -0.495 e. The zero-order chi connectivity index (χ0) is 18.5. The van der Waals surface area contributed by atoms with Crippen molar-refractivity contribution in [2.45, 2.75) is 36.8 Å². The van der Waals surface area contributed by atoms with Crippen LogP contribution in [0, 0.1) is 0 Å². The molecule has 134 valence electrons. The number of anilines is 1. The van der Waals surface area contributed by atoms with E-state index in [0.29, 0.717) is 12.2 Å². The average Bonchev–Trinajstić information content (AvgIpc) is 3.13. The summed E-state index contributed by atoms with van der Waals surface area (Å²) in [7, 11) is 1.68. The number of nitrogens with one attached hydrogen (secondary N) is 1. The number of nitrogens with zero attached hydrogens (tertiary/aromatic N) is 3. The van der Waals surface area contributed by atoms with E-state index in [0.717, 1.165) is 33.1 Å². The van der Waals surface area contributed by atoms with Crippen molar-refractivity contribution in [3.63, 3.8) is 0 Å². The number of amides is 1. The molecule has 6 nitrogen and oxygen atoms in total. The van der Waals surface area contributed by atoms with E-state index in [1.807, 2.05) is 22.7 Å². The number of thioether (sulfide) groups is 1. The van der Waals surface area contributed by atoms with Crippen molar-refractivity contribution in [1.82, 2.24) is 14.4 Å². The SMILES string of the molecule is COc1cc2ncc(-c3cnc4c(c3)CC(=O)N4)n2cc1SC(C)(C)C. The van der Waals surface area contributed by atoms with Crippen LogP contribution in [-0.4, -0.2) is 32.1 Å². The molecule has 0 saturated heterocycles. The predicted octanol–water partition coefficient (Wildman–Crippen LogP) is 3.79. The number of ether oxygens (including phenoxy) is 1. The van der Waals surface area contributed by atoms with Gasteiger partial charge in [0.05, 0.1) is 30.3 Å². The van der Waals surface area contributed by atoms with E-state index in [9.17, 15) is 4.79 Å². The first-order chi connectivity index (χ1) is 12.3. The number of hydrogen-bond acceptors (Lipinski definition) is 5. The van der Waals surface area contributed by atoms with Gasteiger partial charge in [-0.25, -0.2) is 9.97 Å². The first kappa shape index (κ1) is 16.9. The van der Waals surface area contributed by atoms with Crippen molar-refractivity contribution in [3.05, 3.63) is 36.3 Å². The lowest BCUT2D eigenvalue weighted by molar-refractivity contribution is -0.115. The van der Waals surface area contributed by atoms with Crippen LogP contribution in [0.2, 0.25) is 0 Å². The van der Waals surface area contributed by atoms with E-state index < -0.39 is 0 Å². The first-order valence-electron chi connectivity index (χ1n) is 8.37. The number of pyridine rings is 2. The van der Waals surface area contributed by atoms with E-state index in [1.165, 1.54) is 0 Å². The third-order valence-corrected chi connectivity index (χ3v) is 5.22. The molecule has 0 atom stereocenters. The summed E-state index contributed by atoms with van der Waals surface area (Å²) in [6.45, 7) is 6.51. The van der Waals surface area contributed by atoms with Crippen molar-refractivity contribution in [2.75, 3.05) is 12.4 Å². The summed E-state index contributed by atoms with van der Waals surface area (Å²) in [6.07, 6.45) is 6.03. The predicted molar refractivity (Wildman–Crippen MR) is 103 cm³/mol. The highest BCUT2D eigenvalue weighted by molar-refractivity contribution is 8.00. The van der Waals surface area contributed by atoms with Gasteiger partial charge >= 0.3 is 0 Å². The topological polar surface area (TPSA) is 68.5 Å². The Bertz CT molecular complexity index is 1020. The molecule has 0 aliphatic carbocycles. The van der Waals surface area contributed by atoms with Gasteiger partial charge < -0.3 is 10.1 Å². The van der Waals surface area contributed by atoms with Crippen molar-refractivity contribution in [1.29, 1.82) is 0 Å². The number of imidazole rings is 1. The highest BCUT2D eigenvalue weighted by atomic mass is 32.2. The van der Waals surface area contributed by atoms with Crippen LogP contribution in [0.25, 0.3) is 16.9 Å². The second-order valence-corrected chi connectivity index (χ2v) is 9.12. The fraction of sp³-hybridized carbons (Fsp3) is 0.316. The number of hydrogen-bond donors (Lipinski definition) is 1. The molecule has 26 heavy (non-hydrogen) atoms. The largest absolute Gasteiger partial charge is 0.495 e. The monoisotopic (exact) mass is 368 g/mol. The number of aromatic nitrogens is 3. The molecular weight excluding hydrogens is 348 g/mol. The fourth-order valence-electron chi connectivity index (χ4n) is 3.01. The third kappa shape index (κ3) is 3.03. The van der Waals surface area contributed by atoms with Crippen LogP contribution in [0.4, 0.5) is 5.82 Å². The number of methoxy groups -OCH3 is 1. The molecule has 1 aliphatic rings. The Kier molecular flexibility index (Phi) is 3.91. The fourth-order valence-corrected chi connectivity index (χ4v) is 4.07. The lowest BCUT2D eigenvalue weighted by Gasteiger charge is -2.19. The van der Waals surface area contributed by atoms with Crippen molar-refractivity contribution in [2.24, 2.45) is 0 Å². The van der Waals surface area contributed by atoms with Gasteiger partial charge in [0.2, 0.25) is 5.91 Å². The highest BCUT2D eigenvalue weighted by Gasteiger charge is 2.21. The minimum absolute atomic E-state index is 0.0172. The minimum atomic E-state index is -0.0172. The zero-order valence-electron chi connectivity index (χ0n) is 15.2. The number of fused-ring (bicyclic) bond motifs is 2. The van der Waals surface area contributed by atoms with E-state index in [1.54, 1.807) is 25.1 Å². The van der Waals surface area contributed by atoms with Gasteiger partial charge in [0, 0.05) is 34.3 Å². The molecule has 4 heterocycles. The summed E-state index contributed by atoms with van der Waals surface area (Å²) in [5.41, 5.74) is 3.60. The van der Waals surface area contributed by atoms with Crippen LogP contribution in [-0.2, 0) is 11.2 Å². The van der Waals surface area contributed by atoms with Crippen LogP contribution < -0.4 is 10.1 Å². The molecule has 3 aromatic rings. The van der Waals surface area contributed by atoms with Crippen molar-refractivity contribution < 1.29 is 9.53 Å². The number of carbonyl (C=O) groups excluding carboxylic acids is 1. The summed E-state index contributed by atoms with van der Waals surface area (Å²) in [5, 5.41) is 2.76. The maximum atomic E-state index is 11.6. The van der Waals surface area contributed by atoms with Crippen LogP contribution in [0.5, 0.6) is 5.75 Å². The Hall–Kier alpha value is -2.54. The Labute approximate surface area is 156 Å². The summed E-state index contributed by atoms with van der Waals surface area (Å²) < 4.78 is 7.66. The molecule has 0 unspecified atom stereocenters. The summed E-state index contributed by atoms with van der Waals surface area (Å²) in [6, 6.07) is 3.95. The second-order valence-electron chi connectivity index (χ2n) is 7.25. The maximum absolute atomic E-state index is 11.6. The smallest absolute Gasteiger partial charge is 0.230 e. The second kappa shape index (κ2) is 6.02. The Balaban J connectivity index is 1.83.